The molecule has 0 spiro atoms. The van der Waals surface area contributed by atoms with Gasteiger partial charge in [0.2, 0.25) is 0 Å². The van der Waals surface area contributed by atoms with Gasteiger partial charge in [0, 0.05) is 11.3 Å². The molecule has 64 valence electrons. The first-order valence-corrected chi connectivity index (χ1v) is 3.79. The van der Waals surface area contributed by atoms with Crippen LogP contribution in [0.1, 0.15) is 12.5 Å². The van der Waals surface area contributed by atoms with Gasteiger partial charge in [0.15, 0.2) is 0 Å². The first-order valence-electron chi connectivity index (χ1n) is 3.79. The van der Waals surface area contributed by atoms with Crippen LogP contribution in [0.25, 0.3) is 0 Å². The summed E-state index contributed by atoms with van der Waals surface area (Å²) >= 11 is 0. The van der Waals surface area contributed by atoms with Gasteiger partial charge in [-0.1, -0.05) is 12.6 Å². The number of benzene rings is 1. The monoisotopic (exact) mass is 163 g/mol. The second-order valence-electron chi connectivity index (χ2n) is 2.77. The van der Waals surface area contributed by atoms with Crippen LogP contribution in [0.15, 0.2) is 30.5 Å². The number of hydrogen-bond donors (Lipinski definition) is 1. The SMILES string of the molecule is C=C(C)Oc1cccc(N)c1C. The molecule has 0 unspecified atom stereocenters. The lowest BCUT2D eigenvalue weighted by molar-refractivity contribution is 0.427. The first-order chi connectivity index (χ1) is 5.61. The molecule has 0 fully saturated rings. The molecule has 12 heavy (non-hydrogen) atoms. The molecule has 0 aromatic heterocycles. The standard InChI is InChI=1S/C10H13NO/c1-7(2)12-10-6-4-5-9(11)8(10)3/h4-6H,1,11H2,2-3H3. The Morgan fingerprint density at radius 1 is 1.50 bits per heavy atom. The molecule has 0 heterocycles. The molecule has 2 heteroatoms. The van der Waals surface area contributed by atoms with Crippen LogP contribution in [0.2, 0.25) is 0 Å². The van der Waals surface area contributed by atoms with E-state index in [0.717, 1.165) is 17.0 Å². The Kier molecular flexibility index (Phi) is 2.38. The summed E-state index contributed by atoms with van der Waals surface area (Å²) in [6.07, 6.45) is 0. The molecule has 0 aliphatic carbocycles. The number of nitrogens with two attached hydrogens (primary N) is 1. The van der Waals surface area contributed by atoms with Crippen molar-refractivity contribution in [1.82, 2.24) is 0 Å². The van der Waals surface area contributed by atoms with E-state index in [1.165, 1.54) is 0 Å². The summed E-state index contributed by atoms with van der Waals surface area (Å²) in [7, 11) is 0. The van der Waals surface area contributed by atoms with Crippen molar-refractivity contribution in [3.05, 3.63) is 36.1 Å². The van der Waals surface area contributed by atoms with Crippen molar-refractivity contribution in [2.75, 3.05) is 5.73 Å². The normalized spacial score (nSPS) is 9.50. The minimum absolute atomic E-state index is 0.670. The molecule has 0 radical (unpaired) electrons. The Labute approximate surface area is 72.7 Å². The Bertz CT molecular complexity index is 305. The van der Waals surface area contributed by atoms with Crippen LogP contribution < -0.4 is 10.5 Å². The smallest absolute Gasteiger partial charge is 0.131 e. The Morgan fingerprint density at radius 3 is 2.75 bits per heavy atom. The summed E-state index contributed by atoms with van der Waals surface area (Å²) in [6, 6.07) is 5.58. The minimum Gasteiger partial charge on any atom is -0.462 e. The van der Waals surface area contributed by atoms with Crippen LogP contribution in [0.3, 0.4) is 0 Å². The quantitative estimate of drug-likeness (QED) is 0.537. The predicted molar refractivity (Wildman–Crippen MR) is 51.0 cm³/mol. The van der Waals surface area contributed by atoms with E-state index in [1.807, 2.05) is 32.0 Å². The molecular formula is C10H13NO. The van der Waals surface area contributed by atoms with Gasteiger partial charge in [-0.2, -0.15) is 0 Å². The van der Waals surface area contributed by atoms with Gasteiger partial charge in [0.25, 0.3) is 0 Å². The maximum Gasteiger partial charge on any atom is 0.131 e. The molecule has 2 nitrogen and oxygen atoms in total. The molecule has 0 saturated heterocycles. The van der Waals surface area contributed by atoms with E-state index in [1.54, 1.807) is 0 Å². The molecule has 0 atom stereocenters. The number of nitrogen functional groups attached to an aromatic ring is 1. The lowest BCUT2D eigenvalue weighted by Crippen LogP contribution is -1.95. The number of anilines is 1. The third-order valence-corrected chi connectivity index (χ3v) is 1.61. The van der Waals surface area contributed by atoms with E-state index in [-0.39, 0.29) is 0 Å². The fourth-order valence-electron chi connectivity index (χ4n) is 0.930. The average Bonchev–Trinajstić information content (AvgIpc) is 1.98. The van der Waals surface area contributed by atoms with Gasteiger partial charge in [0.1, 0.15) is 5.75 Å². The van der Waals surface area contributed by atoms with Crippen molar-refractivity contribution < 1.29 is 4.74 Å². The highest BCUT2D eigenvalue weighted by atomic mass is 16.5. The summed E-state index contributed by atoms with van der Waals surface area (Å²) in [5.41, 5.74) is 7.39. The van der Waals surface area contributed by atoms with Crippen molar-refractivity contribution in [1.29, 1.82) is 0 Å². The van der Waals surface area contributed by atoms with Gasteiger partial charge in [-0.3, -0.25) is 0 Å². The molecule has 0 aliphatic heterocycles. The van der Waals surface area contributed by atoms with E-state index in [0.29, 0.717) is 5.76 Å². The molecule has 0 bridgehead atoms. The second kappa shape index (κ2) is 3.30. The topological polar surface area (TPSA) is 35.2 Å². The zero-order valence-electron chi connectivity index (χ0n) is 7.42. The lowest BCUT2D eigenvalue weighted by Gasteiger charge is -2.08. The van der Waals surface area contributed by atoms with Crippen molar-refractivity contribution in [2.45, 2.75) is 13.8 Å². The maximum atomic E-state index is 5.69. The van der Waals surface area contributed by atoms with E-state index in [4.69, 9.17) is 10.5 Å². The lowest BCUT2D eigenvalue weighted by atomic mass is 10.2. The molecule has 2 N–H and O–H groups in total. The Hall–Kier alpha value is -1.44. The zero-order chi connectivity index (χ0) is 9.14. The third-order valence-electron chi connectivity index (χ3n) is 1.61. The number of ether oxygens (including phenoxy) is 1. The predicted octanol–water partition coefficient (Wildman–Crippen LogP) is 2.49. The van der Waals surface area contributed by atoms with Crippen molar-refractivity contribution in [3.63, 3.8) is 0 Å². The Morgan fingerprint density at radius 2 is 2.17 bits per heavy atom. The highest BCUT2D eigenvalue weighted by Gasteiger charge is 2.01. The molecule has 0 saturated carbocycles. The minimum atomic E-state index is 0.670. The summed E-state index contributed by atoms with van der Waals surface area (Å²) < 4.78 is 5.35. The van der Waals surface area contributed by atoms with Gasteiger partial charge in [-0.05, 0) is 26.0 Å². The number of allylic oxidation sites excluding steroid dienone is 1. The third kappa shape index (κ3) is 1.78. The molecule has 0 aliphatic rings. The van der Waals surface area contributed by atoms with E-state index < -0.39 is 0 Å². The summed E-state index contributed by atoms with van der Waals surface area (Å²) in [5.74, 6) is 1.45. The van der Waals surface area contributed by atoms with Crippen LogP contribution >= 0.6 is 0 Å². The van der Waals surface area contributed by atoms with E-state index in [9.17, 15) is 0 Å². The molecule has 1 aromatic rings. The second-order valence-corrected chi connectivity index (χ2v) is 2.77. The highest BCUT2D eigenvalue weighted by molar-refractivity contribution is 5.53. The average molecular weight is 163 g/mol. The first kappa shape index (κ1) is 8.65. The van der Waals surface area contributed by atoms with Crippen LogP contribution in [0, 0.1) is 6.92 Å². The van der Waals surface area contributed by atoms with Crippen molar-refractivity contribution in [2.24, 2.45) is 0 Å². The van der Waals surface area contributed by atoms with Crippen molar-refractivity contribution >= 4 is 5.69 Å². The van der Waals surface area contributed by atoms with Crippen LogP contribution in [-0.4, -0.2) is 0 Å². The maximum absolute atomic E-state index is 5.69. The molecule has 1 aromatic carbocycles. The molecule has 1 rings (SSSR count). The fourth-order valence-corrected chi connectivity index (χ4v) is 0.930. The summed E-state index contributed by atoms with van der Waals surface area (Å²) in [4.78, 5) is 0. The van der Waals surface area contributed by atoms with Crippen molar-refractivity contribution in [3.8, 4) is 5.75 Å². The van der Waals surface area contributed by atoms with Crippen LogP contribution in [0.4, 0.5) is 5.69 Å². The molecule has 0 amide bonds. The number of rotatable bonds is 2. The summed E-state index contributed by atoms with van der Waals surface area (Å²) in [6.45, 7) is 7.39. The Balaban J connectivity index is 3.00. The zero-order valence-corrected chi connectivity index (χ0v) is 7.42. The van der Waals surface area contributed by atoms with Gasteiger partial charge < -0.3 is 10.5 Å². The molecular weight excluding hydrogens is 150 g/mol. The van der Waals surface area contributed by atoms with Gasteiger partial charge >= 0.3 is 0 Å². The van der Waals surface area contributed by atoms with E-state index >= 15 is 0 Å². The summed E-state index contributed by atoms with van der Waals surface area (Å²) in [5, 5.41) is 0. The van der Waals surface area contributed by atoms with E-state index in [2.05, 4.69) is 6.58 Å². The van der Waals surface area contributed by atoms with Gasteiger partial charge in [-0.15, -0.1) is 0 Å². The van der Waals surface area contributed by atoms with Gasteiger partial charge in [-0.25, -0.2) is 0 Å². The highest BCUT2D eigenvalue weighted by Crippen LogP contribution is 2.23. The van der Waals surface area contributed by atoms with Crippen LogP contribution in [-0.2, 0) is 0 Å². The van der Waals surface area contributed by atoms with Gasteiger partial charge in [0.05, 0.1) is 5.76 Å². The number of hydrogen-bond acceptors (Lipinski definition) is 2. The fraction of sp³-hybridized carbons (Fsp3) is 0.200. The van der Waals surface area contributed by atoms with Crippen LogP contribution in [0.5, 0.6) is 5.75 Å². The largest absolute Gasteiger partial charge is 0.462 e.